The second kappa shape index (κ2) is 5.97. The summed E-state index contributed by atoms with van der Waals surface area (Å²) in [4.78, 5) is 0. The highest BCUT2D eigenvalue weighted by atomic mass is 79.9. The van der Waals surface area contributed by atoms with Gasteiger partial charge in [0.25, 0.3) is 0 Å². The van der Waals surface area contributed by atoms with E-state index in [2.05, 4.69) is 26.3 Å². The molecule has 0 aliphatic heterocycles. The van der Waals surface area contributed by atoms with Crippen LogP contribution in [0.2, 0.25) is 0 Å². The Labute approximate surface area is 127 Å². The molecule has 2 aromatic rings. The summed E-state index contributed by atoms with van der Waals surface area (Å²) in [5.41, 5.74) is 4.29. The van der Waals surface area contributed by atoms with E-state index in [4.69, 9.17) is 11.6 Å². The number of anilines is 1. The van der Waals surface area contributed by atoms with Crippen molar-refractivity contribution in [1.82, 2.24) is 9.78 Å². The smallest absolute Gasteiger partial charge is 0.0739 e. The summed E-state index contributed by atoms with van der Waals surface area (Å²) >= 11 is 9.76. The van der Waals surface area contributed by atoms with E-state index in [1.54, 1.807) is 0 Å². The molecule has 2 rings (SSSR count). The van der Waals surface area contributed by atoms with Crippen LogP contribution in [0.15, 0.2) is 28.7 Å². The van der Waals surface area contributed by atoms with Gasteiger partial charge in [-0.3, -0.25) is 4.68 Å². The van der Waals surface area contributed by atoms with E-state index in [9.17, 15) is 0 Å². The molecule has 0 fully saturated rings. The van der Waals surface area contributed by atoms with Crippen LogP contribution in [0.3, 0.4) is 0 Å². The lowest BCUT2D eigenvalue weighted by molar-refractivity contribution is 0.712. The zero-order valence-corrected chi connectivity index (χ0v) is 13.6. The lowest BCUT2D eigenvalue weighted by atomic mass is 10.1. The molecule has 0 saturated heterocycles. The minimum Gasteiger partial charge on any atom is -0.379 e. The van der Waals surface area contributed by atoms with E-state index in [1.807, 2.05) is 49.8 Å². The van der Waals surface area contributed by atoms with Crippen molar-refractivity contribution in [3.8, 4) is 0 Å². The number of hydrogen-bond donors (Lipinski definition) is 1. The van der Waals surface area contributed by atoms with Crippen LogP contribution in [-0.4, -0.2) is 9.78 Å². The number of aryl methyl sites for hydroxylation is 2. The number of rotatable bonds is 4. The van der Waals surface area contributed by atoms with Gasteiger partial charge < -0.3 is 5.32 Å². The van der Waals surface area contributed by atoms with Crippen LogP contribution in [0.5, 0.6) is 0 Å². The average Bonchev–Trinajstić information content (AvgIpc) is 2.61. The van der Waals surface area contributed by atoms with E-state index < -0.39 is 0 Å². The van der Waals surface area contributed by atoms with Gasteiger partial charge in [0.15, 0.2) is 0 Å². The number of nitrogens with zero attached hydrogens (tertiary/aromatic N) is 2. The number of nitrogens with one attached hydrogen (secondary N) is 1. The predicted octanol–water partition coefficient (Wildman–Crippen LogP) is 4.40. The molecule has 1 unspecified atom stereocenters. The lowest BCUT2D eigenvalue weighted by Gasteiger charge is -2.13. The van der Waals surface area contributed by atoms with Crippen LogP contribution in [-0.2, 0) is 13.6 Å². The van der Waals surface area contributed by atoms with E-state index in [0.717, 1.165) is 27.1 Å². The average molecular weight is 343 g/mol. The van der Waals surface area contributed by atoms with Gasteiger partial charge in [-0.05, 0) is 41.4 Å². The van der Waals surface area contributed by atoms with Crippen molar-refractivity contribution in [1.29, 1.82) is 0 Å². The Balaban J connectivity index is 2.19. The Hall–Kier alpha value is -1.000. The molecule has 1 atom stereocenters. The van der Waals surface area contributed by atoms with E-state index in [1.165, 1.54) is 0 Å². The van der Waals surface area contributed by atoms with Gasteiger partial charge in [-0.15, -0.1) is 11.6 Å². The van der Waals surface area contributed by atoms with E-state index in [-0.39, 0.29) is 5.38 Å². The van der Waals surface area contributed by atoms with Crippen molar-refractivity contribution in [2.75, 3.05) is 5.32 Å². The third-order valence-corrected chi connectivity index (χ3v) is 4.36. The van der Waals surface area contributed by atoms with Crippen molar-refractivity contribution >= 4 is 33.2 Å². The van der Waals surface area contributed by atoms with Crippen LogP contribution in [0.1, 0.15) is 29.3 Å². The molecular weight excluding hydrogens is 326 g/mol. The van der Waals surface area contributed by atoms with Gasteiger partial charge in [0, 0.05) is 12.7 Å². The van der Waals surface area contributed by atoms with Gasteiger partial charge >= 0.3 is 0 Å². The molecule has 1 aromatic carbocycles. The molecule has 0 saturated carbocycles. The summed E-state index contributed by atoms with van der Waals surface area (Å²) in [5, 5.41) is 7.80. The molecule has 0 amide bonds. The molecule has 0 aliphatic carbocycles. The summed E-state index contributed by atoms with van der Waals surface area (Å²) in [5.74, 6) is 0. The largest absolute Gasteiger partial charge is 0.379 e. The molecule has 1 aromatic heterocycles. The van der Waals surface area contributed by atoms with Crippen molar-refractivity contribution in [2.24, 2.45) is 7.05 Å². The summed E-state index contributed by atoms with van der Waals surface area (Å²) in [6, 6.07) is 8.10. The molecule has 0 aliphatic rings. The van der Waals surface area contributed by atoms with Crippen molar-refractivity contribution in [3.05, 3.63) is 45.7 Å². The summed E-state index contributed by atoms with van der Waals surface area (Å²) in [6.07, 6.45) is 0. The van der Waals surface area contributed by atoms with Crippen LogP contribution in [0.25, 0.3) is 0 Å². The fraction of sp³-hybridized carbons (Fsp3) is 0.357. The molecular formula is C14H17BrClN3. The van der Waals surface area contributed by atoms with Crippen LogP contribution >= 0.6 is 27.5 Å². The number of para-hydroxylation sites is 1. The predicted molar refractivity (Wildman–Crippen MR) is 83.7 cm³/mol. The van der Waals surface area contributed by atoms with Crippen LogP contribution in [0, 0.1) is 6.92 Å². The maximum absolute atomic E-state index is 6.19. The number of hydrogen-bond acceptors (Lipinski definition) is 2. The Morgan fingerprint density at radius 2 is 2.11 bits per heavy atom. The molecule has 5 heteroatoms. The number of alkyl halides is 1. The Morgan fingerprint density at radius 3 is 2.68 bits per heavy atom. The standard InChI is InChI=1S/C14H17BrClN3/c1-9(16)11-6-4-5-7-12(11)17-8-13-14(15)10(2)18-19(13)3/h4-7,9,17H,8H2,1-3H3. The highest BCUT2D eigenvalue weighted by Gasteiger charge is 2.12. The first-order chi connectivity index (χ1) is 9.00. The van der Waals surface area contributed by atoms with Gasteiger partial charge in [-0.2, -0.15) is 5.10 Å². The highest BCUT2D eigenvalue weighted by molar-refractivity contribution is 9.10. The maximum atomic E-state index is 6.19. The topological polar surface area (TPSA) is 29.9 Å². The first-order valence-electron chi connectivity index (χ1n) is 6.15. The van der Waals surface area contributed by atoms with Gasteiger partial charge in [0.05, 0.1) is 27.8 Å². The molecule has 1 N–H and O–H groups in total. The monoisotopic (exact) mass is 341 g/mol. The molecule has 1 heterocycles. The second-order valence-electron chi connectivity index (χ2n) is 4.53. The number of halogens is 2. The van der Waals surface area contributed by atoms with Gasteiger partial charge in [0.1, 0.15) is 0 Å². The van der Waals surface area contributed by atoms with Gasteiger partial charge in [-0.1, -0.05) is 18.2 Å². The Kier molecular flexibility index (Phi) is 4.53. The maximum Gasteiger partial charge on any atom is 0.0739 e. The number of benzene rings is 1. The zero-order valence-electron chi connectivity index (χ0n) is 11.2. The van der Waals surface area contributed by atoms with Crippen molar-refractivity contribution < 1.29 is 0 Å². The minimum atomic E-state index is -0.0135. The number of aromatic nitrogens is 2. The molecule has 102 valence electrons. The Morgan fingerprint density at radius 1 is 1.42 bits per heavy atom. The SMILES string of the molecule is Cc1nn(C)c(CNc2ccccc2C(C)Cl)c1Br. The lowest BCUT2D eigenvalue weighted by Crippen LogP contribution is -2.07. The summed E-state index contributed by atoms with van der Waals surface area (Å²) in [6.45, 7) is 4.67. The third kappa shape index (κ3) is 3.12. The molecule has 0 spiro atoms. The molecule has 19 heavy (non-hydrogen) atoms. The molecule has 3 nitrogen and oxygen atoms in total. The first-order valence-corrected chi connectivity index (χ1v) is 7.38. The molecule has 0 radical (unpaired) electrons. The zero-order chi connectivity index (χ0) is 14.0. The van der Waals surface area contributed by atoms with Gasteiger partial charge in [0.2, 0.25) is 0 Å². The fourth-order valence-electron chi connectivity index (χ4n) is 2.06. The van der Waals surface area contributed by atoms with Gasteiger partial charge in [-0.25, -0.2) is 0 Å². The summed E-state index contributed by atoms with van der Waals surface area (Å²) in [7, 11) is 1.95. The van der Waals surface area contributed by atoms with Crippen molar-refractivity contribution in [2.45, 2.75) is 25.8 Å². The quantitative estimate of drug-likeness (QED) is 0.834. The second-order valence-corrected chi connectivity index (χ2v) is 5.97. The minimum absolute atomic E-state index is 0.0135. The fourth-order valence-corrected chi connectivity index (χ4v) is 2.72. The third-order valence-electron chi connectivity index (χ3n) is 3.10. The first kappa shape index (κ1) is 14.4. The normalized spacial score (nSPS) is 12.5. The highest BCUT2D eigenvalue weighted by Crippen LogP contribution is 2.28. The van der Waals surface area contributed by atoms with E-state index >= 15 is 0 Å². The van der Waals surface area contributed by atoms with E-state index in [0.29, 0.717) is 6.54 Å². The van der Waals surface area contributed by atoms with Crippen molar-refractivity contribution in [3.63, 3.8) is 0 Å². The Bertz CT molecular complexity index is 578. The molecule has 0 bridgehead atoms. The van der Waals surface area contributed by atoms with Crippen LogP contribution < -0.4 is 5.32 Å². The van der Waals surface area contributed by atoms with Crippen LogP contribution in [0.4, 0.5) is 5.69 Å². The summed E-state index contributed by atoms with van der Waals surface area (Å²) < 4.78 is 2.94.